The zero-order valence-electron chi connectivity index (χ0n) is 19.3. The molecule has 2 aliphatic carbocycles. The quantitative estimate of drug-likeness (QED) is 0.369. The molecule has 2 aromatic carbocycles. The molecule has 11 heteroatoms. The number of rotatable bonds is 2. The summed E-state index contributed by atoms with van der Waals surface area (Å²) in [4.78, 5) is 51.6. The molecule has 0 spiro atoms. The van der Waals surface area contributed by atoms with Crippen LogP contribution in [-0.2, 0) is 11.2 Å². The van der Waals surface area contributed by atoms with Gasteiger partial charge in [-0.1, -0.05) is 48.5 Å². The Hall–Kier alpha value is -6.12. The third kappa shape index (κ3) is 3.72. The fourth-order valence-electron chi connectivity index (χ4n) is 4.16. The minimum atomic E-state index is -0.603. The van der Waals surface area contributed by atoms with Crippen LogP contribution < -0.4 is 5.73 Å². The van der Waals surface area contributed by atoms with Gasteiger partial charge in [0.25, 0.3) is 0 Å². The van der Waals surface area contributed by atoms with Crippen molar-refractivity contribution in [3.8, 4) is 40.7 Å². The summed E-state index contributed by atoms with van der Waals surface area (Å²) in [5.41, 5.74) is 8.53. The molecule has 2 aromatic heterocycles. The number of primary amides is 1. The summed E-state index contributed by atoms with van der Waals surface area (Å²) in [5, 5.41) is 26.8. The van der Waals surface area contributed by atoms with Gasteiger partial charge in [-0.15, -0.1) is 0 Å². The molecule has 0 atom stereocenters. The number of nitrogens with two attached hydrogens (primary N) is 1. The second-order valence-electron chi connectivity index (χ2n) is 8.06. The smallest absolute Gasteiger partial charge is 0.223 e. The lowest BCUT2D eigenvalue weighted by Gasteiger charge is -2.04. The normalized spacial score (nSPS) is 11.5. The standard InChI is InChI=1S/C14H8N4O2.C13H4N4O/c15-6-10-9(5-11(16)19)17-12-7-3-1-2-4-8(7)14(20)13(12)18-10;14-5-9-10(6-15)17-12-11(16-9)7-3-1-2-4-8(7)13(12)18/h1-4H,5H2,(H2,16,19);1-4H. The summed E-state index contributed by atoms with van der Waals surface area (Å²) in [6.07, 6.45) is -0.181. The molecule has 0 aliphatic heterocycles. The van der Waals surface area contributed by atoms with E-state index >= 15 is 0 Å². The Bertz CT molecular complexity index is 1860. The fourth-order valence-corrected chi connectivity index (χ4v) is 4.16. The SMILES string of the molecule is N#Cc1nc2c(nc1C#N)-c1ccccc1C2=O.N#Cc1nc2c(nc1CC(N)=O)-c1ccccc1C2=O. The van der Waals surface area contributed by atoms with Gasteiger partial charge < -0.3 is 5.73 Å². The topological polar surface area (TPSA) is 200 Å². The summed E-state index contributed by atoms with van der Waals surface area (Å²) >= 11 is 0. The zero-order valence-corrected chi connectivity index (χ0v) is 19.3. The molecule has 0 fully saturated rings. The molecule has 0 bridgehead atoms. The first-order valence-electron chi connectivity index (χ1n) is 11.0. The van der Waals surface area contributed by atoms with Gasteiger partial charge >= 0.3 is 0 Å². The summed E-state index contributed by atoms with van der Waals surface area (Å²) in [5.74, 6) is -1.12. The Morgan fingerprint density at radius 3 is 1.47 bits per heavy atom. The highest BCUT2D eigenvalue weighted by atomic mass is 16.1. The predicted molar refractivity (Wildman–Crippen MR) is 129 cm³/mol. The van der Waals surface area contributed by atoms with Crippen LogP contribution in [0.3, 0.4) is 0 Å². The van der Waals surface area contributed by atoms with Crippen LogP contribution in [0.4, 0.5) is 0 Å². The lowest BCUT2D eigenvalue weighted by atomic mass is 10.1. The number of hydrogen-bond donors (Lipinski definition) is 1. The van der Waals surface area contributed by atoms with Gasteiger partial charge in [-0.25, -0.2) is 19.9 Å². The molecule has 38 heavy (non-hydrogen) atoms. The van der Waals surface area contributed by atoms with Crippen LogP contribution in [0.25, 0.3) is 22.5 Å². The third-order valence-corrected chi connectivity index (χ3v) is 5.81. The van der Waals surface area contributed by atoms with Gasteiger partial charge in [0.1, 0.15) is 41.0 Å². The molecule has 1 amide bonds. The first kappa shape index (κ1) is 23.6. The van der Waals surface area contributed by atoms with Crippen molar-refractivity contribution in [2.75, 3.05) is 0 Å². The highest BCUT2D eigenvalue weighted by molar-refractivity contribution is 6.20. The van der Waals surface area contributed by atoms with Crippen molar-refractivity contribution in [1.82, 2.24) is 19.9 Å². The molecule has 11 nitrogen and oxygen atoms in total. The Morgan fingerprint density at radius 1 is 0.632 bits per heavy atom. The van der Waals surface area contributed by atoms with Gasteiger partial charge in [0.15, 0.2) is 17.1 Å². The Morgan fingerprint density at radius 2 is 1.03 bits per heavy atom. The Labute approximate surface area is 214 Å². The molecule has 0 saturated heterocycles. The van der Waals surface area contributed by atoms with Crippen LogP contribution in [0.5, 0.6) is 0 Å². The maximum Gasteiger partial charge on any atom is 0.223 e. The van der Waals surface area contributed by atoms with Crippen LogP contribution in [0.15, 0.2) is 48.5 Å². The maximum atomic E-state index is 12.2. The summed E-state index contributed by atoms with van der Waals surface area (Å²) in [7, 11) is 0. The van der Waals surface area contributed by atoms with E-state index in [0.29, 0.717) is 33.6 Å². The van der Waals surface area contributed by atoms with Gasteiger partial charge in [-0.05, 0) is 0 Å². The molecule has 0 radical (unpaired) electrons. The van der Waals surface area contributed by atoms with Crippen molar-refractivity contribution in [2.24, 2.45) is 5.73 Å². The van der Waals surface area contributed by atoms with E-state index in [1.54, 1.807) is 54.6 Å². The number of carbonyl (C=O) groups excluding carboxylic acids is 3. The van der Waals surface area contributed by atoms with E-state index in [0.717, 1.165) is 0 Å². The number of ketones is 2. The highest BCUT2D eigenvalue weighted by Crippen LogP contribution is 2.35. The van der Waals surface area contributed by atoms with Crippen molar-refractivity contribution in [3.63, 3.8) is 0 Å². The van der Waals surface area contributed by atoms with E-state index in [1.165, 1.54) is 0 Å². The second kappa shape index (κ2) is 9.15. The molecule has 2 heterocycles. The number of benzene rings is 2. The lowest BCUT2D eigenvalue weighted by molar-refractivity contribution is -0.117. The molecule has 4 aromatic rings. The summed E-state index contributed by atoms with van der Waals surface area (Å²) < 4.78 is 0. The average Bonchev–Trinajstić information content (AvgIpc) is 3.38. The van der Waals surface area contributed by atoms with Gasteiger partial charge in [0.2, 0.25) is 17.5 Å². The zero-order chi connectivity index (χ0) is 27.0. The number of aromatic nitrogens is 4. The van der Waals surface area contributed by atoms with Crippen molar-refractivity contribution < 1.29 is 14.4 Å². The average molecular weight is 496 g/mol. The largest absolute Gasteiger partial charge is 0.369 e. The molecule has 178 valence electrons. The van der Waals surface area contributed by atoms with Crippen LogP contribution in [0, 0.1) is 34.0 Å². The van der Waals surface area contributed by atoms with Crippen molar-refractivity contribution in [2.45, 2.75) is 6.42 Å². The number of nitriles is 3. The number of carbonyl (C=O) groups is 3. The van der Waals surface area contributed by atoms with E-state index in [9.17, 15) is 14.4 Å². The number of nitrogens with zero attached hydrogens (tertiary/aromatic N) is 7. The monoisotopic (exact) mass is 496 g/mol. The lowest BCUT2D eigenvalue weighted by Crippen LogP contribution is -2.17. The highest BCUT2D eigenvalue weighted by Gasteiger charge is 2.32. The Kier molecular flexibility index (Phi) is 5.69. The van der Waals surface area contributed by atoms with Gasteiger partial charge in [-0.3, -0.25) is 14.4 Å². The summed E-state index contributed by atoms with van der Waals surface area (Å²) in [6.45, 7) is 0. The molecule has 6 rings (SSSR count). The fraction of sp³-hybridized carbons (Fsp3) is 0.0370. The van der Waals surface area contributed by atoms with Crippen molar-refractivity contribution in [3.05, 3.63) is 93.8 Å². The molecule has 2 aliphatic rings. The van der Waals surface area contributed by atoms with E-state index in [2.05, 4.69) is 19.9 Å². The van der Waals surface area contributed by atoms with E-state index in [-0.39, 0.29) is 52.2 Å². The van der Waals surface area contributed by atoms with E-state index < -0.39 is 5.91 Å². The summed E-state index contributed by atoms with van der Waals surface area (Å²) in [6, 6.07) is 19.4. The van der Waals surface area contributed by atoms with Crippen LogP contribution >= 0.6 is 0 Å². The molecular formula is C27H12N8O3. The molecule has 2 N–H and O–H groups in total. The maximum absolute atomic E-state index is 12.2. The minimum Gasteiger partial charge on any atom is -0.369 e. The number of hydrogen-bond acceptors (Lipinski definition) is 10. The predicted octanol–water partition coefficient (Wildman–Crippen LogP) is 2.02. The number of fused-ring (bicyclic) bond motifs is 6. The second-order valence-corrected chi connectivity index (χ2v) is 8.06. The third-order valence-electron chi connectivity index (χ3n) is 5.81. The van der Waals surface area contributed by atoms with Gasteiger partial charge in [0, 0.05) is 22.3 Å². The Balaban J connectivity index is 0.000000156. The van der Waals surface area contributed by atoms with Crippen molar-refractivity contribution in [1.29, 1.82) is 15.8 Å². The molecular weight excluding hydrogens is 484 g/mol. The van der Waals surface area contributed by atoms with E-state index in [1.807, 2.05) is 12.1 Å². The van der Waals surface area contributed by atoms with Crippen LogP contribution in [-0.4, -0.2) is 37.4 Å². The van der Waals surface area contributed by atoms with Gasteiger partial charge in [0.05, 0.1) is 12.1 Å². The number of amides is 1. The molecule has 0 saturated carbocycles. The first-order chi connectivity index (χ1) is 18.4. The van der Waals surface area contributed by atoms with Gasteiger partial charge in [-0.2, -0.15) is 15.8 Å². The first-order valence-corrected chi connectivity index (χ1v) is 11.0. The molecule has 0 unspecified atom stereocenters. The van der Waals surface area contributed by atoms with Crippen molar-refractivity contribution >= 4 is 17.5 Å². The van der Waals surface area contributed by atoms with Crippen LogP contribution in [0.2, 0.25) is 0 Å². The minimum absolute atomic E-state index is 0.0382. The van der Waals surface area contributed by atoms with E-state index in [4.69, 9.17) is 21.5 Å². The van der Waals surface area contributed by atoms with Crippen LogP contribution in [0.1, 0.15) is 54.9 Å².